The van der Waals surface area contributed by atoms with Gasteiger partial charge in [-0.05, 0) is 55.4 Å². The third-order valence-corrected chi connectivity index (χ3v) is 4.17. The van der Waals surface area contributed by atoms with E-state index in [9.17, 15) is 0 Å². The largest absolute Gasteiger partial charge is 0.497 e. The van der Waals surface area contributed by atoms with Crippen molar-refractivity contribution in [2.24, 2.45) is 17.6 Å². The zero-order valence-corrected chi connectivity index (χ0v) is 12.1. The van der Waals surface area contributed by atoms with Gasteiger partial charge in [-0.2, -0.15) is 0 Å². The van der Waals surface area contributed by atoms with Crippen LogP contribution in [0.4, 0.5) is 0 Å². The molecule has 0 bridgehead atoms. The first-order chi connectivity index (χ1) is 9.10. The Morgan fingerprint density at radius 3 is 2.32 bits per heavy atom. The van der Waals surface area contributed by atoms with Gasteiger partial charge in [0.2, 0.25) is 0 Å². The molecule has 1 aliphatic carbocycles. The van der Waals surface area contributed by atoms with Crippen LogP contribution in [0.25, 0.3) is 0 Å². The van der Waals surface area contributed by atoms with Crippen molar-refractivity contribution in [1.29, 1.82) is 0 Å². The maximum atomic E-state index is 6.20. The molecular formula is C16H25NO2. The summed E-state index contributed by atoms with van der Waals surface area (Å²) in [5, 5.41) is 0. The fourth-order valence-corrected chi connectivity index (χ4v) is 2.75. The van der Waals surface area contributed by atoms with Crippen LogP contribution in [0, 0.1) is 11.8 Å². The smallest absolute Gasteiger partial charge is 0.120 e. The number of methoxy groups -OCH3 is 1. The minimum Gasteiger partial charge on any atom is -0.497 e. The highest BCUT2D eigenvalue weighted by Gasteiger charge is 2.31. The van der Waals surface area contributed by atoms with Gasteiger partial charge >= 0.3 is 0 Å². The van der Waals surface area contributed by atoms with Crippen LogP contribution in [0.3, 0.4) is 0 Å². The molecule has 3 atom stereocenters. The van der Waals surface area contributed by atoms with Crippen molar-refractivity contribution >= 4 is 0 Å². The minimum absolute atomic E-state index is 0.134. The van der Waals surface area contributed by atoms with E-state index in [-0.39, 0.29) is 12.1 Å². The molecule has 1 saturated carbocycles. The molecule has 0 aromatic heterocycles. The van der Waals surface area contributed by atoms with Gasteiger partial charge in [0.15, 0.2) is 0 Å². The Hall–Kier alpha value is -1.22. The second-order valence-electron chi connectivity index (χ2n) is 5.81. The molecular weight excluding hydrogens is 238 g/mol. The van der Waals surface area contributed by atoms with E-state index in [1.807, 2.05) is 24.3 Å². The predicted octanol–water partition coefficient (Wildman–Crippen LogP) is 3.23. The van der Waals surface area contributed by atoms with E-state index < -0.39 is 0 Å². The van der Waals surface area contributed by atoms with E-state index in [2.05, 4.69) is 13.8 Å². The van der Waals surface area contributed by atoms with Gasteiger partial charge in [0.05, 0.1) is 7.11 Å². The second-order valence-corrected chi connectivity index (χ2v) is 5.81. The highest BCUT2D eigenvalue weighted by Crippen LogP contribution is 2.32. The Morgan fingerprint density at radius 1 is 1.11 bits per heavy atom. The van der Waals surface area contributed by atoms with Crippen LogP contribution < -0.4 is 15.2 Å². The summed E-state index contributed by atoms with van der Waals surface area (Å²) in [6, 6.07) is 7.89. The first-order valence-corrected chi connectivity index (χ1v) is 7.16. The standard InChI is InChI=1S/C16H25NO2/c1-11(2)12-4-9-15(17)16(10-12)19-14-7-5-13(18-3)6-8-14/h5-8,11-12,15-16H,4,9-10,17H2,1-3H3. The Balaban J connectivity index is 1.99. The van der Waals surface area contributed by atoms with Crippen molar-refractivity contribution in [3.8, 4) is 11.5 Å². The van der Waals surface area contributed by atoms with Crippen molar-refractivity contribution in [3.05, 3.63) is 24.3 Å². The predicted molar refractivity (Wildman–Crippen MR) is 77.6 cm³/mol. The fraction of sp³-hybridized carbons (Fsp3) is 0.625. The van der Waals surface area contributed by atoms with Crippen LogP contribution in [0.15, 0.2) is 24.3 Å². The number of hydrogen-bond donors (Lipinski definition) is 1. The summed E-state index contributed by atoms with van der Waals surface area (Å²) in [7, 11) is 1.67. The van der Waals surface area contributed by atoms with Gasteiger partial charge < -0.3 is 15.2 Å². The molecule has 19 heavy (non-hydrogen) atoms. The summed E-state index contributed by atoms with van der Waals surface area (Å²) in [6.45, 7) is 4.57. The van der Waals surface area contributed by atoms with Gasteiger partial charge in [0.25, 0.3) is 0 Å². The monoisotopic (exact) mass is 263 g/mol. The van der Waals surface area contributed by atoms with E-state index in [0.717, 1.165) is 30.3 Å². The Kier molecular flexibility index (Phi) is 4.70. The topological polar surface area (TPSA) is 44.5 Å². The Bertz CT molecular complexity index is 388. The molecule has 0 amide bonds. The fourth-order valence-electron chi connectivity index (χ4n) is 2.75. The van der Waals surface area contributed by atoms with Gasteiger partial charge in [-0.1, -0.05) is 13.8 Å². The molecule has 3 heteroatoms. The number of hydrogen-bond acceptors (Lipinski definition) is 3. The van der Waals surface area contributed by atoms with Gasteiger partial charge in [0.1, 0.15) is 17.6 Å². The molecule has 0 spiro atoms. The molecule has 3 unspecified atom stereocenters. The van der Waals surface area contributed by atoms with Gasteiger partial charge in [-0.15, -0.1) is 0 Å². The van der Waals surface area contributed by atoms with Crippen molar-refractivity contribution in [2.75, 3.05) is 7.11 Å². The average Bonchev–Trinajstić information content (AvgIpc) is 2.42. The average molecular weight is 263 g/mol. The summed E-state index contributed by atoms with van der Waals surface area (Å²) in [6.07, 6.45) is 3.48. The summed E-state index contributed by atoms with van der Waals surface area (Å²) in [5.41, 5.74) is 6.20. The molecule has 0 heterocycles. The van der Waals surface area contributed by atoms with Gasteiger partial charge in [-0.3, -0.25) is 0 Å². The number of nitrogens with two attached hydrogens (primary N) is 1. The van der Waals surface area contributed by atoms with Crippen LogP contribution >= 0.6 is 0 Å². The molecule has 1 aromatic rings. The lowest BCUT2D eigenvalue weighted by molar-refractivity contribution is 0.0867. The molecule has 2 N–H and O–H groups in total. The van der Waals surface area contributed by atoms with Gasteiger partial charge in [-0.25, -0.2) is 0 Å². The molecule has 0 aliphatic heterocycles. The number of ether oxygens (including phenoxy) is 2. The van der Waals surface area contributed by atoms with E-state index in [4.69, 9.17) is 15.2 Å². The van der Waals surface area contributed by atoms with Crippen LogP contribution in [0.1, 0.15) is 33.1 Å². The highest BCUT2D eigenvalue weighted by molar-refractivity contribution is 5.31. The molecule has 2 rings (SSSR count). The Labute approximate surface area is 116 Å². The maximum absolute atomic E-state index is 6.20. The Morgan fingerprint density at radius 2 is 1.74 bits per heavy atom. The molecule has 106 valence electrons. The maximum Gasteiger partial charge on any atom is 0.120 e. The van der Waals surface area contributed by atoms with Crippen molar-refractivity contribution in [3.63, 3.8) is 0 Å². The lowest BCUT2D eigenvalue weighted by atomic mass is 9.78. The first kappa shape index (κ1) is 14.2. The third kappa shape index (κ3) is 3.63. The van der Waals surface area contributed by atoms with E-state index >= 15 is 0 Å². The van der Waals surface area contributed by atoms with Gasteiger partial charge in [0, 0.05) is 6.04 Å². The van der Waals surface area contributed by atoms with E-state index in [1.54, 1.807) is 7.11 Å². The normalized spacial score (nSPS) is 27.3. The molecule has 1 fully saturated rings. The third-order valence-electron chi connectivity index (χ3n) is 4.17. The molecule has 3 nitrogen and oxygen atoms in total. The SMILES string of the molecule is COc1ccc(OC2CC(C(C)C)CCC2N)cc1. The zero-order valence-electron chi connectivity index (χ0n) is 12.1. The number of rotatable bonds is 4. The van der Waals surface area contributed by atoms with Crippen molar-refractivity contribution < 1.29 is 9.47 Å². The lowest BCUT2D eigenvalue weighted by Crippen LogP contribution is -2.44. The van der Waals surface area contributed by atoms with Crippen LogP contribution in [0.5, 0.6) is 11.5 Å². The molecule has 0 radical (unpaired) electrons. The van der Waals surface area contributed by atoms with E-state index in [0.29, 0.717) is 5.92 Å². The highest BCUT2D eigenvalue weighted by atomic mass is 16.5. The molecule has 0 saturated heterocycles. The van der Waals surface area contributed by atoms with Crippen LogP contribution in [-0.2, 0) is 0 Å². The summed E-state index contributed by atoms with van der Waals surface area (Å²) < 4.78 is 11.2. The molecule has 1 aliphatic rings. The quantitative estimate of drug-likeness (QED) is 0.907. The summed E-state index contributed by atoms with van der Waals surface area (Å²) in [4.78, 5) is 0. The van der Waals surface area contributed by atoms with Crippen LogP contribution in [0.2, 0.25) is 0 Å². The lowest BCUT2D eigenvalue weighted by Gasteiger charge is -2.36. The van der Waals surface area contributed by atoms with E-state index in [1.165, 1.54) is 6.42 Å². The van der Waals surface area contributed by atoms with Crippen LogP contribution in [-0.4, -0.2) is 19.3 Å². The first-order valence-electron chi connectivity index (χ1n) is 7.16. The van der Waals surface area contributed by atoms with Crippen molar-refractivity contribution in [2.45, 2.75) is 45.3 Å². The van der Waals surface area contributed by atoms with Crippen molar-refractivity contribution in [1.82, 2.24) is 0 Å². The summed E-state index contributed by atoms with van der Waals surface area (Å²) in [5.74, 6) is 3.16. The zero-order chi connectivity index (χ0) is 13.8. The minimum atomic E-state index is 0.134. The second kappa shape index (κ2) is 6.29. The number of benzene rings is 1. The molecule has 1 aromatic carbocycles. The summed E-state index contributed by atoms with van der Waals surface area (Å²) >= 11 is 0.